The van der Waals surface area contributed by atoms with Crippen molar-refractivity contribution in [2.24, 2.45) is 0 Å². The molecular formula is C13H20N6. The van der Waals surface area contributed by atoms with E-state index in [-0.39, 0.29) is 0 Å². The van der Waals surface area contributed by atoms with Gasteiger partial charge in [0, 0.05) is 37.4 Å². The van der Waals surface area contributed by atoms with Gasteiger partial charge < -0.3 is 9.80 Å². The topological polar surface area (TPSA) is 49.6 Å². The van der Waals surface area contributed by atoms with E-state index in [2.05, 4.69) is 45.8 Å². The second-order valence-corrected chi connectivity index (χ2v) is 5.12. The van der Waals surface area contributed by atoms with Crippen molar-refractivity contribution in [3.05, 3.63) is 17.6 Å². The molecule has 0 radical (unpaired) electrons. The van der Waals surface area contributed by atoms with Gasteiger partial charge in [-0.25, -0.2) is 4.98 Å². The summed E-state index contributed by atoms with van der Waals surface area (Å²) in [6, 6.07) is 0. The average molecular weight is 260 g/mol. The summed E-state index contributed by atoms with van der Waals surface area (Å²) >= 11 is 0. The van der Waals surface area contributed by atoms with E-state index in [0.717, 1.165) is 38.3 Å². The van der Waals surface area contributed by atoms with E-state index < -0.39 is 0 Å². The maximum absolute atomic E-state index is 4.53. The van der Waals surface area contributed by atoms with Gasteiger partial charge in [-0.2, -0.15) is 14.6 Å². The first kappa shape index (κ1) is 12.3. The van der Waals surface area contributed by atoms with E-state index in [4.69, 9.17) is 0 Å². The van der Waals surface area contributed by atoms with Crippen molar-refractivity contribution < 1.29 is 0 Å². The van der Waals surface area contributed by atoms with Crippen LogP contribution < -0.4 is 4.90 Å². The summed E-state index contributed by atoms with van der Waals surface area (Å²) in [5.41, 5.74) is 2.35. The van der Waals surface area contributed by atoms with Crippen LogP contribution in [-0.4, -0.2) is 57.7 Å². The van der Waals surface area contributed by atoms with E-state index in [1.807, 2.05) is 4.52 Å². The summed E-state index contributed by atoms with van der Waals surface area (Å²) in [5, 5.41) is 4.35. The van der Waals surface area contributed by atoms with Gasteiger partial charge in [0.15, 0.2) is 0 Å². The standard InChI is InChI=1S/C13H20N6/c1-4-11-10(2)16-13-14-9-15-19(13)12(11)18-7-5-17(3)6-8-18/h9H,4-8H2,1-3H3. The van der Waals surface area contributed by atoms with Gasteiger partial charge in [0.2, 0.25) is 0 Å². The van der Waals surface area contributed by atoms with E-state index in [1.54, 1.807) is 6.33 Å². The lowest BCUT2D eigenvalue weighted by atomic mass is 10.1. The Hall–Kier alpha value is -1.69. The zero-order chi connectivity index (χ0) is 13.4. The van der Waals surface area contributed by atoms with Crippen molar-refractivity contribution in [2.75, 3.05) is 38.1 Å². The van der Waals surface area contributed by atoms with Crippen molar-refractivity contribution >= 4 is 11.6 Å². The third-order valence-corrected chi connectivity index (χ3v) is 3.86. The number of aryl methyl sites for hydroxylation is 1. The van der Waals surface area contributed by atoms with Crippen molar-refractivity contribution in [3.63, 3.8) is 0 Å². The van der Waals surface area contributed by atoms with Crippen molar-refractivity contribution in [1.82, 2.24) is 24.5 Å². The minimum Gasteiger partial charge on any atom is -0.354 e. The number of rotatable bonds is 2. The molecule has 3 rings (SSSR count). The van der Waals surface area contributed by atoms with E-state index >= 15 is 0 Å². The van der Waals surface area contributed by atoms with Crippen LogP contribution in [0.5, 0.6) is 0 Å². The maximum Gasteiger partial charge on any atom is 0.254 e. The van der Waals surface area contributed by atoms with Gasteiger partial charge in [-0.15, -0.1) is 0 Å². The number of nitrogens with zero attached hydrogens (tertiary/aromatic N) is 6. The Bertz CT molecular complexity index is 582. The molecule has 0 bridgehead atoms. The third kappa shape index (κ3) is 2.06. The summed E-state index contributed by atoms with van der Waals surface area (Å²) in [6.07, 6.45) is 2.55. The molecule has 0 aromatic carbocycles. The highest BCUT2D eigenvalue weighted by Crippen LogP contribution is 2.24. The summed E-state index contributed by atoms with van der Waals surface area (Å²) in [6.45, 7) is 8.46. The molecule has 1 aliphatic heterocycles. The summed E-state index contributed by atoms with van der Waals surface area (Å²) < 4.78 is 1.89. The van der Waals surface area contributed by atoms with E-state index in [0.29, 0.717) is 5.78 Å². The Kier molecular flexibility index (Phi) is 3.10. The van der Waals surface area contributed by atoms with Crippen LogP contribution in [0.25, 0.3) is 5.78 Å². The van der Waals surface area contributed by atoms with Crippen LogP contribution in [0.2, 0.25) is 0 Å². The molecule has 0 N–H and O–H groups in total. The molecular weight excluding hydrogens is 240 g/mol. The molecule has 1 fully saturated rings. The number of anilines is 1. The number of hydrogen-bond donors (Lipinski definition) is 0. The van der Waals surface area contributed by atoms with E-state index in [1.165, 1.54) is 11.4 Å². The Morgan fingerprint density at radius 3 is 2.63 bits per heavy atom. The monoisotopic (exact) mass is 260 g/mol. The molecule has 0 unspecified atom stereocenters. The van der Waals surface area contributed by atoms with Gasteiger partial charge in [0.25, 0.3) is 5.78 Å². The van der Waals surface area contributed by atoms with Gasteiger partial charge in [-0.05, 0) is 20.4 Å². The van der Waals surface area contributed by atoms with E-state index in [9.17, 15) is 0 Å². The summed E-state index contributed by atoms with van der Waals surface area (Å²) in [5.74, 6) is 1.87. The fraction of sp³-hybridized carbons (Fsp3) is 0.615. The molecule has 0 amide bonds. The Balaban J connectivity index is 2.11. The largest absolute Gasteiger partial charge is 0.354 e. The lowest BCUT2D eigenvalue weighted by Gasteiger charge is -2.35. The molecule has 2 aromatic heterocycles. The van der Waals surface area contributed by atoms with Crippen LogP contribution in [0, 0.1) is 6.92 Å². The van der Waals surface area contributed by atoms with Crippen molar-refractivity contribution in [2.45, 2.75) is 20.3 Å². The van der Waals surface area contributed by atoms with Crippen LogP contribution in [0.4, 0.5) is 5.82 Å². The fourth-order valence-electron chi connectivity index (χ4n) is 2.73. The van der Waals surface area contributed by atoms with Gasteiger partial charge in [-0.3, -0.25) is 0 Å². The number of aromatic nitrogens is 4. The highest BCUT2D eigenvalue weighted by molar-refractivity contribution is 5.54. The minimum atomic E-state index is 0.698. The Morgan fingerprint density at radius 2 is 1.95 bits per heavy atom. The molecule has 0 saturated carbocycles. The summed E-state index contributed by atoms with van der Waals surface area (Å²) in [4.78, 5) is 13.5. The van der Waals surface area contributed by atoms with Crippen LogP contribution in [0.3, 0.4) is 0 Å². The molecule has 6 heteroatoms. The first-order valence-corrected chi connectivity index (χ1v) is 6.83. The lowest BCUT2D eigenvalue weighted by molar-refractivity contribution is 0.311. The molecule has 2 aromatic rings. The van der Waals surface area contributed by atoms with Gasteiger partial charge in [0.05, 0.1) is 0 Å². The predicted octanol–water partition coefficient (Wildman–Crippen LogP) is 0.747. The van der Waals surface area contributed by atoms with Crippen LogP contribution in [0.1, 0.15) is 18.2 Å². The second-order valence-electron chi connectivity index (χ2n) is 5.12. The highest BCUT2D eigenvalue weighted by Gasteiger charge is 2.22. The lowest BCUT2D eigenvalue weighted by Crippen LogP contribution is -2.45. The van der Waals surface area contributed by atoms with Crippen LogP contribution in [0.15, 0.2) is 6.33 Å². The fourth-order valence-corrected chi connectivity index (χ4v) is 2.73. The molecule has 0 atom stereocenters. The normalized spacial score (nSPS) is 17.3. The Labute approximate surface area is 113 Å². The number of fused-ring (bicyclic) bond motifs is 1. The first-order valence-electron chi connectivity index (χ1n) is 6.83. The first-order chi connectivity index (χ1) is 9.20. The number of hydrogen-bond acceptors (Lipinski definition) is 5. The minimum absolute atomic E-state index is 0.698. The molecule has 1 aliphatic rings. The number of likely N-dealkylation sites (N-methyl/N-ethyl adjacent to an activating group) is 1. The smallest absolute Gasteiger partial charge is 0.254 e. The molecule has 0 aliphatic carbocycles. The van der Waals surface area contributed by atoms with Crippen molar-refractivity contribution in [3.8, 4) is 0 Å². The third-order valence-electron chi connectivity index (χ3n) is 3.86. The quantitative estimate of drug-likeness (QED) is 0.797. The molecule has 0 spiro atoms. The average Bonchev–Trinajstić information content (AvgIpc) is 2.86. The van der Waals surface area contributed by atoms with Gasteiger partial charge in [-0.1, -0.05) is 6.92 Å². The highest BCUT2D eigenvalue weighted by atomic mass is 15.4. The SMILES string of the molecule is CCc1c(C)nc2ncnn2c1N1CCN(C)CC1. The zero-order valence-corrected chi connectivity index (χ0v) is 11.8. The van der Waals surface area contributed by atoms with Gasteiger partial charge >= 0.3 is 0 Å². The summed E-state index contributed by atoms with van der Waals surface area (Å²) in [7, 11) is 2.17. The molecule has 6 nitrogen and oxygen atoms in total. The maximum atomic E-state index is 4.53. The van der Waals surface area contributed by atoms with Crippen LogP contribution in [-0.2, 0) is 6.42 Å². The Morgan fingerprint density at radius 1 is 1.21 bits per heavy atom. The second kappa shape index (κ2) is 4.77. The number of piperazine rings is 1. The van der Waals surface area contributed by atoms with Crippen LogP contribution >= 0.6 is 0 Å². The predicted molar refractivity (Wildman–Crippen MR) is 74.6 cm³/mol. The zero-order valence-electron chi connectivity index (χ0n) is 11.8. The molecule has 3 heterocycles. The molecule has 1 saturated heterocycles. The molecule has 102 valence electrons. The van der Waals surface area contributed by atoms with Crippen molar-refractivity contribution in [1.29, 1.82) is 0 Å². The molecule has 19 heavy (non-hydrogen) atoms. The van der Waals surface area contributed by atoms with Gasteiger partial charge in [0.1, 0.15) is 12.1 Å².